The van der Waals surface area contributed by atoms with Gasteiger partial charge in [0.25, 0.3) is 0 Å². The van der Waals surface area contributed by atoms with Crippen LogP contribution >= 0.6 is 0 Å². The van der Waals surface area contributed by atoms with E-state index >= 15 is 0 Å². The van der Waals surface area contributed by atoms with Crippen molar-refractivity contribution in [3.05, 3.63) is 60.8 Å². The molecule has 17 atom stereocenters. The van der Waals surface area contributed by atoms with Crippen molar-refractivity contribution in [3.63, 3.8) is 0 Å². The van der Waals surface area contributed by atoms with Crippen LogP contribution in [0.1, 0.15) is 322 Å². The Labute approximate surface area is 611 Å². The minimum atomic E-state index is -1.98. The largest absolute Gasteiger partial charge is 0.394 e. The van der Waals surface area contributed by atoms with Gasteiger partial charge in [0.15, 0.2) is 18.9 Å². The fourth-order valence-electron chi connectivity index (χ4n) is 13.7. The fourth-order valence-corrected chi connectivity index (χ4v) is 13.7. The van der Waals surface area contributed by atoms with Crippen LogP contribution in [0.5, 0.6) is 0 Å². The molecule has 0 aliphatic carbocycles. The first kappa shape index (κ1) is 92.7. The smallest absolute Gasteiger partial charge is 0.220 e. The van der Waals surface area contributed by atoms with Gasteiger partial charge in [0.1, 0.15) is 73.2 Å². The SMILES string of the molecule is CCCCCCC/C=C\C/C=C\CCCCCCCCCCCCCCCCCCCCCC(=O)NC(COC1OC(CO)C(OC2OC(CO)C(OC3OC(CO)C(O)C(O)C3O)C(O)C2O)C(O)C1O)C(O)/C=C/CC/C=C/CC/C=C/CCCCCCCCCCCCCCCCC. The summed E-state index contributed by atoms with van der Waals surface area (Å²) in [6.45, 7) is 1.74. The van der Waals surface area contributed by atoms with Crippen LogP contribution in [-0.2, 0) is 33.2 Å². The second-order valence-corrected chi connectivity index (χ2v) is 29.2. The predicted octanol–water partition coefficient (Wildman–Crippen LogP) is 13.8. The van der Waals surface area contributed by atoms with Crippen molar-refractivity contribution in [2.45, 2.75) is 426 Å². The molecule has 12 N–H and O–H groups in total. The highest BCUT2D eigenvalue weighted by Crippen LogP contribution is 2.33. The Bertz CT molecular complexity index is 2060. The Morgan fingerprint density at radius 3 is 1.05 bits per heavy atom. The second-order valence-electron chi connectivity index (χ2n) is 29.2. The van der Waals surface area contributed by atoms with Crippen molar-refractivity contribution in [1.82, 2.24) is 5.32 Å². The van der Waals surface area contributed by atoms with Crippen LogP contribution in [0.25, 0.3) is 0 Å². The molecule has 3 aliphatic rings. The molecule has 0 bridgehead atoms. The molecule has 0 saturated carbocycles. The number of carbonyl (C=O) groups excluding carboxylic acids is 1. The molecule has 3 saturated heterocycles. The third-order valence-electron chi connectivity index (χ3n) is 20.3. The Hall–Kier alpha value is -2.51. The van der Waals surface area contributed by atoms with Gasteiger partial charge in [-0.3, -0.25) is 4.79 Å². The van der Waals surface area contributed by atoms with Gasteiger partial charge < -0.3 is 89.9 Å². The maximum Gasteiger partial charge on any atom is 0.220 e. The zero-order chi connectivity index (χ0) is 73.2. The molecular weight excluding hydrogens is 1290 g/mol. The van der Waals surface area contributed by atoms with Gasteiger partial charge in [-0.25, -0.2) is 0 Å². The van der Waals surface area contributed by atoms with Gasteiger partial charge in [-0.15, -0.1) is 0 Å². The van der Waals surface area contributed by atoms with Gasteiger partial charge >= 0.3 is 0 Å². The summed E-state index contributed by atoms with van der Waals surface area (Å²) in [6.07, 6.45) is 53.6. The van der Waals surface area contributed by atoms with E-state index in [9.17, 15) is 61.0 Å². The van der Waals surface area contributed by atoms with Crippen LogP contribution in [-0.4, -0.2) is 193 Å². The third kappa shape index (κ3) is 42.6. The number of rotatable bonds is 65. The van der Waals surface area contributed by atoms with Gasteiger partial charge in [-0.1, -0.05) is 299 Å². The number of hydrogen-bond donors (Lipinski definition) is 12. The highest BCUT2D eigenvalue weighted by molar-refractivity contribution is 5.76. The lowest BCUT2D eigenvalue weighted by atomic mass is 9.96. The molecule has 19 nitrogen and oxygen atoms in total. The molecule has 0 spiro atoms. The van der Waals surface area contributed by atoms with Crippen molar-refractivity contribution >= 4 is 5.91 Å². The topological polar surface area (TPSA) is 307 Å². The minimum Gasteiger partial charge on any atom is -0.394 e. The Morgan fingerprint density at radius 1 is 0.356 bits per heavy atom. The molecule has 0 aromatic rings. The van der Waals surface area contributed by atoms with Crippen molar-refractivity contribution in [2.24, 2.45) is 0 Å². The number of amides is 1. The van der Waals surface area contributed by atoms with Crippen molar-refractivity contribution < 1.29 is 89.4 Å². The molecule has 0 aromatic carbocycles. The Balaban J connectivity index is 1.38. The predicted molar refractivity (Wildman–Crippen MR) is 402 cm³/mol. The normalized spacial score (nSPS) is 26.6. The fraction of sp³-hybridized carbons (Fsp3) is 0.866. The van der Waals surface area contributed by atoms with Gasteiger partial charge in [0.2, 0.25) is 5.91 Å². The summed E-state index contributed by atoms with van der Waals surface area (Å²) in [6, 6.07) is -0.999. The van der Waals surface area contributed by atoms with Gasteiger partial charge in [0.05, 0.1) is 38.6 Å². The lowest BCUT2D eigenvalue weighted by Crippen LogP contribution is -2.66. The lowest BCUT2D eigenvalue weighted by Gasteiger charge is -2.48. The van der Waals surface area contributed by atoms with Gasteiger partial charge in [0, 0.05) is 6.42 Å². The van der Waals surface area contributed by atoms with Crippen molar-refractivity contribution in [2.75, 3.05) is 26.4 Å². The molecule has 17 unspecified atom stereocenters. The monoisotopic (exact) mass is 1440 g/mol. The molecule has 3 heterocycles. The molecule has 0 radical (unpaired) electrons. The van der Waals surface area contributed by atoms with Crippen molar-refractivity contribution in [3.8, 4) is 0 Å². The summed E-state index contributed by atoms with van der Waals surface area (Å²) in [7, 11) is 0. The second kappa shape index (κ2) is 62.5. The van der Waals surface area contributed by atoms with E-state index in [0.29, 0.717) is 12.8 Å². The summed E-state index contributed by atoms with van der Waals surface area (Å²) in [5.74, 6) is -0.285. The van der Waals surface area contributed by atoms with Gasteiger partial charge in [-0.2, -0.15) is 0 Å². The average Bonchev–Trinajstić information content (AvgIpc) is 0.792. The Morgan fingerprint density at radius 2 is 0.663 bits per heavy atom. The van der Waals surface area contributed by atoms with Crippen LogP contribution in [0.3, 0.4) is 0 Å². The highest BCUT2D eigenvalue weighted by Gasteiger charge is 2.54. The van der Waals surface area contributed by atoms with E-state index in [0.717, 1.165) is 51.4 Å². The summed E-state index contributed by atoms with van der Waals surface area (Å²) in [5, 5.41) is 121. The zero-order valence-corrected chi connectivity index (χ0v) is 63.1. The van der Waals surface area contributed by atoms with E-state index in [2.05, 4.69) is 67.8 Å². The molecule has 590 valence electrons. The number of aliphatic hydroxyl groups excluding tert-OH is 11. The molecule has 3 rings (SSSR count). The zero-order valence-electron chi connectivity index (χ0n) is 63.1. The number of unbranched alkanes of at least 4 members (excludes halogenated alkanes) is 41. The number of hydrogen-bond acceptors (Lipinski definition) is 18. The number of allylic oxidation sites excluding steroid dienone is 9. The molecular formula is C82H149NO18. The third-order valence-corrected chi connectivity index (χ3v) is 20.3. The van der Waals surface area contributed by atoms with Crippen LogP contribution in [0, 0.1) is 0 Å². The summed E-state index contributed by atoms with van der Waals surface area (Å²) in [4.78, 5) is 13.5. The lowest BCUT2D eigenvalue weighted by molar-refractivity contribution is -0.379. The standard InChI is InChI=1S/C82H149NO18/c1-3-5-7-9-11-13-15-17-19-21-23-25-27-29-30-31-32-33-34-36-38-40-42-44-46-48-50-52-54-56-58-60-70(88)83-65(66(87)59-57-55-53-51-49-47-45-43-41-39-37-35-28-26-24-22-20-18-16-14-12-10-8-6-4-2)64-96-80-76(94)73(91)78(68(62-85)98-80)101-82-77(95)74(92)79(69(63-86)99-82)100-81-75(93)72(90)71(89)67(61-84)97-81/h15,17,21,23,41,43,49,51,57,59,65-69,71-82,84-87,89-95H,3-14,16,18-20,22,24-40,42,44-48,50,52-56,58,60-64H2,1-2H3,(H,83,88)/b17-15-,23-21-,43-41+,51-49+,59-57+. The maximum absolute atomic E-state index is 13.5. The van der Waals surface area contributed by atoms with E-state index < -0.39 is 124 Å². The van der Waals surface area contributed by atoms with Crippen molar-refractivity contribution in [1.29, 1.82) is 0 Å². The Kier molecular flexibility index (Phi) is 57.4. The van der Waals surface area contributed by atoms with Crippen LogP contribution < -0.4 is 5.32 Å². The minimum absolute atomic E-state index is 0.233. The van der Waals surface area contributed by atoms with E-state index in [1.165, 1.54) is 238 Å². The maximum atomic E-state index is 13.5. The summed E-state index contributed by atoms with van der Waals surface area (Å²) >= 11 is 0. The molecule has 0 aromatic heterocycles. The van der Waals surface area contributed by atoms with Gasteiger partial charge in [-0.05, 0) is 77.0 Å². The van der Waals surface area contributed by atoms with E-state index in [1.54, 1.807) is 6.08 Å². The molecule has 1 amide bonds. The molecule has 3 fully saturated rings. The summed E-state index contributed by atoms with van der Waals surface area (Å²) < 4.78 is 34.4. The number of carbonyl (C=O) groups is 1. The van der Waals surface area contributed by atoms with Crippen LogP contribution in [0.4, 0.5) is 0 Å². The summed E-state index contributed by atoms with van der Waals surface area (Å²) in [5.41, 5.74) is 0. The van der Waals surface area contributed by atoms with E-state index in [1.807, 2.05) is 6.08 Å². The molecule has 3 aliphatic heterocycles. The number of nitrogens with one attached hydrogen (secondary N) is 1. The number of ether oxygens (including phenoxy) is 6. The van der Waals surface area contributed by atoms with E-state index in [-0.39, 0.29) is 18.9 Å². The molecule has 19 heteroatoms. The van der Waals surface area contributed by atoms with Crippen LogP contribution in [0.15, 0.2) is 60.8 Å². The molecule has 101 heavy (non-hydrogen) atoms. The first-order valence-electron chi connectivity index (χ1n) is 41.0. The van der Waals surface area contributed by atoms with Crippen LogP contribution in [0.2, 0.25) is 0 Å². The van der Waals surface area contributed by atoms with E-state index in [4.69, 9.17) is 28.4 Å². The quantitative estimate of drug-likeness (QED) is 0.0199. The first-order valence-corrected chi connectivity index (χ1v) is 41.0. The average molecular weight is 1440 g/mol. The first-order chi connectivity index (χ1) is 49.3. The highest BCUT2D eigenvalue weighted by atomic mass is 16.8. The number of aliphatic hydroxyl groups is 11.